The maximum atomic E-state index is 13.4. The number of amides is 1. The van der Waals surface area contributed by atoms with Gasteiger partial charge in [-0.05, 0) is 69.9 Å². The van der Waals surface area contributed by atoms with E-state index in [1.807, 2.05) is 49.1 Å². The molecule has 1 atom stereocenters. The topological polar surface area (TPSA) is 41.9 Å². The van der Waals surface area contributed by atoms with E-state index in [-0.39, 0.29) is 11.4 Å². The molecular formula is C23H26N2O2. The van der Waals surface area contributed by atoms with Crippen LogP contribution in [0, 0.1) is 6.92 Å². The number of benzene rings is 2. The number of carbonyl (C=O) groups is 1. The van der Waals surface area contributed by atoms with Gasteiger partial charge in [-0.25, -0.2) is 4.99 Å². The van der Waals surface area contributed by atoms with Crippen molar-refractivity contribution in [2.75, 3.05) is 11.5 Å². The van der Waals surface area contributed by atoms with Crippen molar-refractivity contribution in [3.05, 3.63) is 53.1 Å². The molecule has 0 radical (unpaired) electrons. The van der Waals surface area contributed by atoms with Crippen LogP contribution < -0.4 is 9.64 Å². The maximum absolute atomic E-state index is 13.4. The molecule has 0 fully saturated rings. The molecule has 2 aliphatic heterocycles. The number of nitrogens with zero attached hydrogens (tertiary/aromatic N) is 2. The van der Waals surface area contributed by atoms with Crippen LogP contribution in [0.5, 0.6) is 5.75 Å². The summed E-state index contributed by atoms with van der Waals surface area (Å²) >= 11 is 0. The molecule has 1 amide bonds. The SMILES string of the molecule is CCOc1cc2c3c(c1)[C@@H](C)CC(C)(C)N3C(=O)C2=Nc1ccc(C)cc1. The minimum atomic E-state index is -0.240. The van der Waals surface area contributed by atoms with Crippen LogP contribution in [-0.2, 0) is 4.79 Å². The van der Waals surface area contributed by atoms with Crippen molar-refractivity contribution in [2.45, 2.75) is 52.5 Å². The second-order valence-corrected chi connectivity index (χ2v) is 8.20. The van der Waals surface area contributed by atoms with E-state index < -0.39 is 0 Å². The summed E-state index contributed by atoms with van der Waals surface area (Å²) < 4.78 is 5.80. The van der Waals surface area contributed by atoms with E-state index >= 15 is 0 Å². The fraction of sp³-hybridized carbons (Fsp3) is 0.391. The molecule has 0 saturated carbocycles. The maximum Gasteiger partial charge on any atom is 0.278 e. The molecule has 0 bridgehead atoms. The van der Waals surface area contributed by atoms with Gasteiger partial charge in [-0.15, -0.1) is 0 Å². The highest BCUT2D eigenvalue weighted by molar-refractivity contribution is 6.55. The third-order valence-electron chi connectivity index (χ3n) is 5.53. The van der Waals surface area contributed by atoms with Crippen molar-refractivity contribution < 1.29 is 9.53 Å². The predicted octanol–water partition coefficient (Wildman–Crippen LogP) is 5.15. The van der Waals surface area contributed by atoms with Gasteiger partial charge in [0.1, 0.15) is 11.5 Å². The summed E-state index contributed by atoms with van der Waals surface area (Å²) in [7, 11) is 0. The predicted molar refractivity (Wildman–Crippen MR) is 110 cm³/mol. The molecule has 4 rings (SSSR count). The Morgan fingerprint density at radius 2 is 1.93 bits per heavy atom. The molecule has 0 unspecified atom stereocenters. The molecule has 0 N–H and O–H groups in total. The highest BCUT2D eigenvalue weighted by Crippen LogP contribution is 2.50. The zero-order chi connectivity index (χ0) is 19.3. The third kappa shape index (κ3) is 2.84. The number of anilines is 1. The Balaban J connectivity index is 1.94. The highest BCUT2D eigenvalue weighted by Gasteiger charge is 2.48. The number of carbonyl (C=O) groups excluding carboxylic acids is 1. The van der Waals surface area contributed by atoms with Crippen molar-refractivity contribution in [1.82, 2.24) is 0 Å². The van der Waals surface area contributed by atoms with Crippen LogP contribution in [0.1, 0.15) is 56.7 Å². The number of rotatable bonds is 3. The molecule has 4 nitrogen and oxygen atoms in total. The Kier molecular flexibility index (Phi) is 4.10. The van der Waals surface area contributed by atoms with E-state index in [2.05, 4.69) is 26.8 Å². The molecule has 0 spiro atoms. The van der Waals surface area contributed by atoms with Gasteiger partial charge in [0.25, 0.3) is 5.91 Å². The van der Waals surface area contributed by atoms with Crippen molar-refractivity contribution in [3.63, 3.8) is 0 Å². The van der Waals surface area contributed by atoms with Gasteiger partial charge in [0.05, 0.1) is 18.0 Å². The summed E-state index contributed by atoms with van der Waals surface area (Å²) in [6.07, 6.45) is 0.915. The fourth-order valence-electron chi connectivity index (χ4n) is 4.39. The van der Waals surface area contributed by atoms with Gasteiger partial charge in [-0.1, -0.05) is 24.6 Å². The summed E-state index contributed by atoms with van der Waals surface area (Å²) in [4.78, 5) is 20.1. The minimum absolute atomic E-state index is 0.0163. The second kappa shape index (κ2) is 6.22. The normalized spacial score (nSPS) is 21.5. The average Bonchev–Trinajstić information content (AvgIpc) is 2.88. The van der Waals surface area contributed by atoms with E-state index in [0.29, 0.717) is 18.2 Å². The standard InChI is InChI=1S/C23H26N2O2/c1-6-27-17-11-18-15(3)13-23(4,5)25-21(18)19(12-17)20(22(25)26)24-16-9-7-14(2)8-10-16/h7-12,15H,6,13H2,1-5H3/t15-/m0/s1. The van der Waals surface area contributed by atoms with Gasteiger partial charge < -0.3 is 9.64 Å². The monoisotopic (exact) mass is 362 g/mol. The lowest BCUT2D eigenvalue weighted by Gasteiger charge is -2.43. The lowest BCUT2D eigenvalue weighted by atomic mass is 9.80. The summed E-state index contributed by atoms with van der Waals surface area (Å²) in [5.74, 6) is 1.15. The van der Waals surface area contributed by atoms with Crippen LogP contribution in [0.3, 0.4) is 0 Å². The van der Waals surface area contributed by atoms with Crippen LogP contribution in [0.4, 0.5) is 11.4 Å². The molecule has 140 valence electrons. The minimum Gasteiger partial charge on any atom is -0.494 e. The molecule has 2 aromatic carbocycles. The molecular weight excluding hydrogens is 336 g/mol. The Labute approximate surface area is 160 Å². The van der Waals surface area contributed by atoms with Gasteiger partial charge in [0, 0.05) is 11.1 Å². The first-order valence-electron chi connectivity index (χ1n) is 9.63. The number of aliphatic imine (C=N–C) groups is 1. The van der Waals surface area contributed by atoms with E-state index in [1.165, 1.54) is 11.1 Å². The van der Waals surface area contributed by atoms with Crippen molar-refractivity contribution in [1.29, 1.82) is 0 Å². The van der Waals surface area contributed by atoms with Crippen LogP contribution in [0.15, 0.2) is 41.4 Å². The summed E-state index contributed by atoms with van der Waals surface area (Å²) in [5.41, 5.74) is 5.32. The Morgan fingerprint density at radius 1 is 1.22 bits per heavy atom. The van der Waals surface area contributed by atoms with E-state index in [0.717, 1.165) is 29.1 Å². The van der Waals surface area contributed by atoms with E-state index in [4.69, 9.17) is 9.73 Å². The lowest BCUT2D eigenvalue weighted by Crippen LogP contribution is -2.50. The summed E-state index contributed by atoms with van der Waals surface area (Å²) in [6, 6.07) is 12.0. The van der Waals surface area contributed by atoms with Gasteiger partial charge in [0.2, 0.25) is 0 Å². The third-order valence-corrected chi connectivity index (χ3v) is 5.53. The van der Waals surface area contributed by atoms with E-state index in [9.17, 15) is 4.79 Å². The average molecular weight is 362 g/mol. The number of aryl methyl sites for hydroxylation is 1. The zero-order valence-corrected chi connectivity index (χ0v) is 16.7. The van der Waals surface area contributed by atoms with Crippen LogP contribution in [-0.4, -0.2) is 23.8 Å². The van der Waals surface area contributed by atoms with Gasteiger partial charge >= 0.3 is 0 Å². The molecule has 0 aromatic heterocycles. The second-order valence-electron chi connectivity index (χ2n) is 8.20. The lowest BCUT2D eigenvalue weighted by molar-refractivity contribution is -0.113. The molecule has 0 aliphatic carbocycles. The van der Waals surface area contributed by atoms with Crippen molar-refractivity contribution in [2.24, 2.45) is 4.99 Å². The number of hydrogen-bond acceptors (Lipinski definition) is 3. The number of ether oxygens (including phenoxy) is 1. The van der Waals surface area contributed by atoms with Crippen molar-refractivity contribution in [3.8, 4) is 5.75 Å². The number of hydrogen-bond donors (Lipinski definition) is 0. The summed E-state index contributed by atoms with van der Waals surface area (Å²) in [5, 5.41) is 0. The van der Waals surface area contributed by atoms with Crippen LogP contribution in [0.25, 0.3) is 0 Å². The molecule has 2 aliphatic rings. The smallest absolute Gasteiger partial charge is 0.278 e. The fourth-order valence-corrected chi connectivity index (χ4v) is 4.39. The molecule has 0 saturated heterocycles. The van der Waals surface area contributed by atoms with Crippen molar-refractivity contribution >= 4 is 23.0 Å². The molecule has 2 heterocycles. The first-order valence-corrected chi connectivity index (χ1v) is 9.63. The van der Waals surface area contributed by atoms with Crippen LogP contribution >= 0.6 is 0 Å². The molecule has 27 heavy (non-hydrogen) atoms. The van der Waals surface area contributed by atoms with Gasteiger partial charge in [0.15, 0.2) is 0 Å². The largest absolute Gasteiger partial charge is 0.494 e. The highest BCUT2D eigenvalue weighted by atomic mass is 16.5. The quantitative estimate of drug-likeness (QED) is 0.758. The van der Waals surface area contributed by atoms with Gasteiger partial charge in [-0.2, -0.15) is 0 Å². The Hall–Kier alpha value is -2.62. The van der Waals surface area contributed by atoms with Gasteiger partial charge in [-0.3, -0.25) is 4.79 Å². The molecule has 4 heteroatoms. The Bertz CT molecular complexity index is 942. The van der Waals surface area contributed by atoms with E-state index in [1.54, 1.807) is 0 Å². The first-order chi connectivity index (χ1) is 12.8. The molecule has 2 aromatic rings. The first kappa shape index (κ1) is 17.8. The van der Waals surface area contributed by atoms with Crippen LogP contribution in [0.2, 0.25) is 0 Å². The Morgan fingerprint density at radius 3 is 2.59 bits per heavy atom. The zero-order valence-electron chi connectivity index (χ0n) is 16.7. The summed E-state index contributed by atoms with van der Waals surface area (Å²) in [6.45, 7) is 11.1.